The lowest BCUT2D eigenvalue weighted by molar-refractivity contribution is -0.125. The fourth-order valence-electron chi connectivity index (χ4n) is 1.69. The molecule has 0 aliphatic heterocycles. The molecule has 5 nitrogen and oxygen atoms in total. The van der Waals surface area contributed by atoms with Crippen LogP contribution >= 0.6 is 0 Å². The highest BCUT2D eigenvalue weighted by molar-refractivity contribution is 5.91. The molecule has 0 unspecified atom stereocenters. The maximum Gasteiger partial charge on any atom is 0.338 e. The van der Waals surface area contributed by atoms with Crippen LogP contribution in [0.2, 0.25) is 0 Å². The van der Waals surface area contributed by atoms with Crippen molar-refractivity contribution >= 4 is 11.9 Å². The van der Waals surface area contributed by atoms with Gasteiger partial charge in [0, 0.05) is 0 Å². The van der Waals surface area contributed by atoms with Gasteiger partial charge in [-0.05, 0) is 43.3 Å². The summed E-state index contributed by atoms with van der Waals surface area (Å²) in [6.45, 7) is 1.33. The largest absolute Gasteiger partial charge is 0.467 e. The molecule has 1 N–H and O–H groups in total. The number of halogens is 1. The Bertz CT molecular complexity index is 607. The Labute approximate surface area is 120 Å². The van der Waals surface area contributed by atoms with Crippen molar-refractivity contribution in [1.82, 2.24) is 5.32 Å². The van der Waals surface area contributed by atoms with E-state index in [1.54, 1.807) is 19.1 Å². The van der Waals surface area contributed by atoms with Crippen molar-refractivity contribution in [2.75, 3.05) is 6.61 Å². The van der Waals surface area contributed by atoms with Crippen molar-refractivity contribution in [2.24, 2.45) is 0 Å². The van der Waals surface area contributed by atoms with E-state index >= 15 is 0 Å². The van der Waals surface area contributed by atoms with Crippen molar-refractivity contribution < 1.29 is 23.1 Å². The first-order chi connectivity index (χ1) is 10.1. The highest BCUT2D eigenvalue weighted by Gasteiger charge is 2.14. The van der Waals surface area contributed by atoms with Gasteiger partial charge in [-0.3, -0.25) is 4.79 Å². The van der Waals surface area contributed by atoms with Gasteiger partial charge in [-0.15, -0.1) is 0 Å². The van der Waals surface area contributed by atoms with Crippen LogP contribution in [-0.4, -0.2) is 18.5 Å². The molecule has 2 aromatic rings. The Morgan fingerprint density at radius 3 is 2.62 bits per heavy atom. The van der Waals surface area contributed by atoms with Crippen molar-refractivity contribution in [1.29, 1.82) is 0 Å². The van der Waals surface area contributed by atoms with E-state index in [-0.39, 0.29) is 11.6 Å². The van der Waals surface area contributed by atoms with Gasteiger partial charge in [0.1, 0.15) is 11.6 Å². The number of furan rings is 1. The molecule has 1 atom stereocenters. The number of hydrogen-bond acceptors (Lipinski definition) is 4. The van der Waals surface area contributed by atoms with E-state index in [4.69, 9.17) is 9.15 Å². The van der Waals surface area contributed by atoms with Crippen molar-refractivity contribution in [2.45, 2.75) is 13.0 Å². The van der Waals surface area contributed by atoms with E-state index in [0.717, 1.165) is 12.1 Å². The normalized spacial score (nSPS) is 11.7. The molecular formula is C15H14FNO4. The zero-order valence-electron chi connectivity index (χ0n) is 11.3. The predicted molar refractivity (Wildman–Crippen MR) is 71.9 cm³/mol. The van der Waals surface area contributed by atoms with Crippen LogP contribution in [0.5, 0.6) is 0 Å². The molecule has 1 aromatic heterocycles. The summed E-state index contributed by atoms with van der Waals surface area (Å²) in [5.74, 6) is -0.977. The van der Waals surface area contributed by atoms with E-state index in [1.165, 1.54) is 18.4 Å². The van der Waals surface area contributed by atoms with Crippen molar-refractivity contribution in [3.8, 4) is 0 Å². The first kappa shape index (κ1) is 14.8. The average Bonchev–Trinajstić information content (AvgIpc) is 3.00. The van der Waals surface area contributed by atoms with Crippen LogP contribution in [0.15, 0.2) is 47.1 Å². The van der Waals surface area contributed by atoms with Gasteiger partial charge in [-0.1, -0.05) is 0 Å². The lowest BCUT2D eigenvalue weighted by Gasteiger charge is -2.11. The molecule has 110 valence electrons. The Hall–Kier alpha value is -2.63. The number of carbonyl (C=O) groups is 2. The minimum absolute atomic E-state index is 0.184. The van der Waals surface area contributed by atoms with E-state index < -0.39 is 24.3 Å². The van der Waals surface area contributed by atoms with Gasteiger partial charge in [0.15, 0.2) is 6.61 Å². The predicted octanol–water partition coefficient (Wildman–Crippen LogP) is 2.45. The molecule has 0 saturated carbocycles. The second kappa shape index (κ2) is 6.69. The summed E-state index contributed by atoms with van der Waals surface area (Å²) >= 11 is 0. The van der Waals surface area contributed by atoms with Gasteiger partial charge < -0.3 is 14.5 Å². The topological polar surface area (TPSA) is 68.5 Å². The molecule has 0 radical (unpaired) electrons. The molecule has 0 spiro atoms. The standard InChI is InChI=1S/C15H14FNO4/c1-10(13-3-2-8-20-13)17-14(18)9-21-15(19)11-4-6-12(16)7-5-11/h2-8,10H,9H2,1H3,(H,17,18)/t10-/m0/s1. The zero-order valence-corrected chi connectivity index (χ0v) is 11.3. The first-order valence-corrected chi connectivity index (χ1v) is 6.31. The number of nitrogens with one attached hydrogen (secondary N) is 1. The SMILES string of the molecule is C[C@H](NC(=O)COC(=O)c1ccc(F)cc1)c1ccco1. The summed E-state index contributed by atoms with van der Waals surface area (Å²) in [6, 6.07) is 8.01. The van der Waals surface area contributed by atoms with Crippen LogP contribution in [0.3, 0.4) is 0 Å². The Morgan fingerprint density at radius 1 is 1.29 bits per heavy atom. The number of esters is 1. The van der Waals surface area contributed by atoms with Crippen molar-refractivity contribution in [3.63, 3.8) is 0 Å². The van der Waals surface area contributed by atoms with Gasteiger partial charge >= 0.3 is 5.97 Å². The smallest absolute Gasteiger partial charge is 0.338 e. The number of rotatable bonds is 5. The Morgan fingerprint density at radius 2 is 2.00 bits per heavy atom. The minimum atomic E-state index is -0.684. The van der Waals surface area contributed by atoms with Gasteiger partial charge in [0.2, 0.25) is 0 Å². The Balaban J connectivity index is 1.81. The summed E-state index contributed by atoms with van der Waals surface area (Å²) in [7, 11) is 0. The monoisotopic (exact) mass is 291 g/mol. The second-order valence-electron chi connectivity index (χ2n) is 4.39. The lowest BCUT2D eigenvalue weighted by Crippen LogP contribution is -2.30. The lowest BCUT2D eigenvalue weighted by atomic mass is 10.2. The number of amides is 1. The van der Waals surface area contributed by atoms with Crippen LogP contribution in [0.25, 0.3) is 0 Å². The van der Waals surface area contributed by atoms with Crippen LogP contribution in [-0.2, 0) is 9.53 Å². The van der Waals surface area contributed by atoms with E-state index in [0.29, 0.717) is 5.76 Å². The number of ether oxygens (including phenoxy) is 1. The van der Waals surface area contributed by atoms with Crippen molar-refractivity contribution in [3.05, 3.63) is 59.8 Å². The van der Waals surface area contributed by atoms with Crippen LogP contribution in [0.1, 0.15) is 29.1 Å². The Kier molecular flexibility index (Phi) is 4.71. The molecule has 0 saturated heterocycles. The molecule has 0 fully saturated rings. The summed E-state index contributed by atoms with van der Waals surface area (Å²) < 4.78 is 22.7. The molecule has 1 amide bonds. The number of benzene rings is 1. The molecule has 0 aliphatic rings. The second-order valence-corrected chi connectivity index (χ2v) is 4.39. The summed E-state index contributed by atoms with van der Waals surface area (Å²) in [4.78, 5) is 23.3. The molecule has 0 bridgehead atoms. The molecular weight excluding hydrogens is 277 g/mol. The maximum absolute atomic E-state index is 12.7. The molecule has 1 aromatic carbocycles. The number of carbonyl (C=O) groups excluding carboxylic acids is 2. The molecule has 6 heteroatoms. The van der Waals surface area contributed by atoms with Crippen LogP contribution < -0.4 is 5.32 Å². The van der Waals surface area contributed by atoms with Gasteiger partial charge in [-0.25, -0.2) is 9.18 Å². The first-order valence-electron chi connectivity index (χ1n) is 6.31. The summed E-state index contributed by atoms with van der Waals surface area (Å²) in [6.07, 6.45) is 1.51. The van der Waals surface area contributed by atoms with E-state index in [1.807, 2.05) is 0 Å². The summed E-state index contributed by atoms with van der Waals surface area (Å²) in [5.41, 5.74) is 0.184. The third kappa shape index (κ3) is 4.17. The maximum atomic E-state index is 12.7. The van der Waals surface area contributed by atoms with Gasteiger partial charge in [-0.2, -0.15) is 0 Å². The van der Waals surface area contributed by atoms with Crippen LogP contribution in [0, 0.1) is 5.82 Å². The third-order valence-corrected chi connectivity index (χ3v) is 2.76. The molecule has 21 heavy (non-hydrogen) atoms. The number of hydrogen-bond donors (Lipinski definition) is 1. The van der Waals surface area contributed by atoms with E-state index in [2.05, 4.69) is 5.32 Å². The average molecular weight is 291 g/mol. The van der Waals surface area contributed by atoms with E-state index in [9.17, 15) is 14.0 Å². The molecule has 0 aliphatic carbocycles. The molecule has 2 rings (SSSR count). The molecule has 1 heterocycles. The van der Waals surface area contributed by atoms with Crippen LogP contribution in [0.4, 0.5) is 4.39 Å². The van der Waals surface area contributed by atoms with Gasteiger partial charge in [0.05, 0.1) is 17.9 Å². The fraction of sp³-hybridized carbons (Fsp3) is 0.200. The minimum Gasteiger partial charge on any atom is -0.467 e. The quantitative estimate of drug-likeness (QED) is 0.859. The fourth-order valence-corrected chi connectivity index (χ4v) is 1.69. The highest BCUT2D eigenvalue weighted by Crippen LogP contribution is 2.11. The van der Waals surface area contributed by atoms with Gasteiger partial charge in [0.25, 0.3) is 5.91 Å². The zero-order chi connectivity index (χ0) is 15.2. The highest BCUT2D eigenvalue weighted by atomic mass is 19.1. The summed E-state index contributed by atoms with van der Waals surface area (Å²) in [5, 5.41) is 2.63. The third-order valence-electron chi connectivity index (χ3n) is 2.76.